The van der Waals surface area contributed by atoms with Crippen LogP contribution in [0.25, 0.3) is 21.8 Å². The van der Waals surface area contributed by atoms with E-state index in [0.29, 0.717) is 0 Å². The van der Waals surface area contributed by atoms with Crippen LogP contribution in [0.2, 0.25) is 0 Å². The molecule has 0 bridgehead atoms. The van der Waals surface area contributed by atoms with Gasteiger partial charge in [0.1, 0.15) is 6.04 Å². The molecule has 29 heavy (non-hydrogen) atoms. The third-order valence-corrected chi connectivity index (χ3v) is 5.50. The molecule has 0 aliphatic heterocycles. The van der Waals surface area contributed by atoms with E-state index < -0.39 is 17.9 Å². The molecule has 1 amide bonds. The van der Waals surface area contributed by atoms with Crippen molar-refractivity contribution in [2.75, 3.05) is 0 Å². The van der Waals surface area contributed by atoms with E-state index in [2.05, 4.69) is 10.3 Å². The number of fused-ring (bicyclic) bond motifs is 2. The molecule has 148 valence electrons. The maximum absolute atomic E-state index is 12.9. The van der Waals surface area contributed by atoms with E-state index >= 15 is 0 Å². The quantitative estimate of drug-likeness (QED) is 0.471. The van der Waals surface area contributed by atoms with Gasteiger partial charge in [-0.2, -0.15) is 0 Å². The molecule has 4 rings (SSSR count). The van der Waals surface area contributed by atoms with Crippen LogP contribution in [0.4, 0.5) is 0 Å². The van der Waals surface area contributed by atoms with Gasteiger partial charge in [0.05, 0.1) is 5.92 Å². The molecule has 0 fully saturated rings. The van der Waals surface area contributed by atoms with E-state index in [1.54, 1.807) is 6.20 Å². The van der Waals surface area contributed by atoms with E-state index in [0.717, 1.165) is 32.9 Å². The van der Waals surface area contributed by atoms with Crippen molar-refractivity contribution < 1.29 is 14.7 Å². The van der Waals surface area contributed by atoms with Gasteiger partial charge < -0.3 is 20.0 Å². The van der Waals surface area contributed by atoms with E-state index in [1.807, 2.05) is 73.3 Å². The van der Waals surface area contributed by atoms with Crippen molar-refractivity contribution in [3.05, 3.63) is 72.1 Å². The molecule has 0 aliphatic rings. The molecule has 2 heterocycles. The molecule has 2 unspecified atom stereocenters. The Morgan fingerprint density at radius 3 is 2.55 bits per heavy atom. The highest BCUT2D eigenvalue weighted by Crippen LogP contribution is 2.27. The first-order valence-corrected chi connectivity index (χ1v) is 9.58. The van der Waals surface area contributed by atoms with Gasteiger partial charge in [0.25, 0.3) is 0 Å². The standard InChI is InChI=1S/C23H23N3O3/c1-14(18-13-26(2)21-10-6-4-8-17(18)21)22(27)25-20(23(28)29)11-15-12-24-19-9-5-3-7-16(15)19/h3-10,12-14,20,24H,11H2,1-2H3,(H,25,27)(H,28,29). The summed E-state index contributed by atoms with van der Waals surface area (Å²) >= 11 is 0. The number of carboxylic acids is 1. The van der Waals surface area contributed by atoms with E-state index in [4.69, 9.17) is 0 Å². The number of aliphatic carboxylic acids is 1. The van der Waals surface area contributed by atoms with Crippen molar-refractivity contribution in [2.45, 2.75) is 25.3 Å². The molecule has 2 aromatic heterocycles. The highest BCUT2D eigenvalue weighted by atomic mass is 16.4. The van der Waals surface area contributed by atoms with Gasteiger partial charge in [-0.15, -0.1) is 0 Å². The summed E-state index contributed by atoms with van der Waals surface area (Å²) in [6.45, 7) is 1.81. The largest absolute Gasteiger partial charge is 0.480 e. The van der Waals surface area contributed by atoms with Crippen LogP contribution < -0.4 is 5.32 Å². The molecule has 6 heteroatoms. The Labute approximate surface area is 168 Å². The molecule has 2 atom stereocenters. The number of nitrogens with zero attached hydrogens (tertiary/aromatic N) is 1. The zero-order chi connectivity index (χ0) is 20.5. The Bertz CT molecular complexity index is 1200. The van der Waals surface area contributed by atoms with Crippen molar-refractivity contribution in [2.24, 2.45) is 7.05 Å². The van der Waals surface area contributed by atoms with Gasteiger partial charge in [-0.1, -0.05) is 36.4 Å². The fourth-order valence-electron chi connectivity index (χ4n) is 3.88. The van der Waals surface area contributed by atoms with Crippen molar-refractivity contribution in [1.29, 1.82) is 0 Å². The normalized spacial score (nSPS) is 13.4. The topological polar surface area (TPSA) is 87.1 Å². The predicted molar refractivity (Wildman–Crippen MR) is 113 cm³/mol. The molecule has 4 aromatic rings. The van der Waals surface area contributed by atoms with Crippen molar-refractivity contribution in [3.8, 4) is 0 Å². The van der Waals surface area contributed by atoms with Crippen LogP contribution in [0.5, 0.6) is 0 Å². The number of hydrogen-bond donors (Lipinski definition) is 3. The average Bonchev–Trinajstić information content (AvgIpc) is 3.28. The number of aryl methyl sites for hydroxylation is 1. The van der Waals surface area contributed by atoms with Gasteiger partial charge in [-0.3, -0.25) is 4.79 Å². The Balaban J connectivity index is 1.56. The highest BCUT2D eigenvalue weighted by molar-refractivity contribution is 5.94. The van der Waals surface area contributed by atoms with Crippen LogP contribution in [-0.2, 0) is 23.1 Å². The van der Waals surface area contributed by atoms with Gasteiger partial charge in [0.15, 0.2) is 0 Å². The van der Waals surface area contributed by atoms with Gasteiger partial charge in [-0.05, 0) is 30.2 Å². The fraction of sp³-hybridized carbons (Fsp3) is 0.217. The van der Waals surface area contributed by atoms with Crippen LogP contribution in [0.3, 0.4) is 0 Å². The summed E-state index contributed by atoms with van der Waals surface area (Å²) in [5, 5.41) is 14.4. The zero-order valence-electron chi connectivity index (χ0n) is 16.3. The molecule has 0 saturated heterocycles. The first-order valence-electron chi connectivity index (χ1n) is 9.58. The smallest absolute Gasteiger partial charge is 0.326 e. The minimum atomic E-state index is -1.05. The zero-order valence-corrected chi connectivity index (χ0v) is 16.3. The number of carboxylic acid groups (broad SMARTS) is 1. The number of aromatic nitrogens is 2. The highest BCUT2D eigenvalue weighted by Gasteiger charge is 2.26. The number of nitrogens with one attached hydrogen (secondary N) is 2. The number of para-hydroxylation sites is 2. The summed E-state index contributed by atoms with van der Waals surface area (Å²) in [5.74, 6) is -1.81. The van der Waals surface area contributed by atoms with E-state index in [9.17, 15) is 14.7 Å². The van der Waals surface area contributed by atoms with Crippen LogP contribution in [-0.4, -0.2) is 32.6 Å². The molecule has 0 saturated carbocycles. The number of carbonyl (C=O) groups excluding carboxylic acids is 1. The minimum Gasteiger partial charge on any atom is -0.480 e. The Hall–Kier alpha value is -3.54. The summed E-state index contributed by atoms with van der Waals surface area (Å²) in [6, 6.07) is 14.6. The van der Waals surface area contributed by atoms with Crippen molar-refractivity contribution >= 4 is 33.7 Å². The molecule has 0 radical (unpaired) electrons. The first-order chi connectivity index (χ1) is 14.0. The van der Waals surface area contributed by atoms with Crippen LogP contribution in [0.1, 0.15) is 24.0 Å². The lowest BCUT2D eigenvalue weighted by Crippen LogP contribution is -2.44. The van der Waals surface area contributed by atoms with Crippen LogP contribution in [0.15, 0.2) is 60.9 Å². The number of carbonyl (C=O) groups is 2. The molecule has 0 spiro atoms. The second-order valence-corrected chi connectivity index (χ2v) is 7.40. The second-order valence-electron chi connectivity index (χ2n) is 7.40. The Morgan fingerprint density at radius 1 is 1.10 bits per heavy atom. The number of hydrogen-bond acceptors (Lipinski definition) is 2. The molecular weight excluding hydrogens is 366 g/mol. The number of H-pyrrole nitrogens is 1. The summed E-state index contributed by atoms with van der Waals surface area (Å²) in [6.07, 6.45) is 3.96. The van der Waals surface area contributed by atoms with Gasteiger partial charge in [0.2, 0.25) is 5.91 Å². The monoisotopic (exact) mass is 389 g/mol. The number of benzene rings is 2. The third kappa shape index (κ3) is 3.49. The number of rotatable bonds is 6. The fourth-order valence-corrected chi connectivity index (χ4v) is 3.88. The summed E-state index contributed by atoms with van der Waals surface area (Å²) in [7, 11) is 1.94. The van der Waals surface area contributed by atoms with Crippen LogP contribution >= 0.6 is 0 Å². The van der Waals surface area contributed by atoms with E-state index in [-0.39, 0.29) is 12.3 Å². The molecule has 6 nitrogen and oxygen atoms in total. The maximum Gasteiger partial charge on any atom is 0.326 e. The summed E-state index contributed by atoms with van der Waals surface area (Å²) in [4.78, 5) is 27.9. The van der Waals surface area contributed by atoms with Gasteiger partial charge in [0, 0.05) is 47.7 Å². The predicted octanol–water partition coefficient (Wildman–Crippen LogP) is 3.58. The van der Waals surface area contributed by atoms with Gasteiger partial charge in [-0.25, -0.2) is 4.79 Å². The minimum absolute atomic E-state index is 0.216. The summed E-state index contributed by atoms with van der Waals surface area (Å²) in [5.41, 5.74) is 3.74. The Kier molecular flexibility index (Phi) is 4.84. The SMILES string of the molecule is CC(C(=O)NC(Cc1c[nH]c2ccccc12)C(=O)O)c1cn(C)c2ccccc12. The van der Waals surface area contributed by atoms with Crippen LogP contribution in [0, 0.1) is 0 Å². The lowest BCUT2D eigenvalue weighted by Gasteiger charge is -2.18. The molecular formula is C23H23N3O3. The first kappa shape index (κ1) is 18.8. The second kappa shape index (κ2) is 7.47. The molecule has 3 N–H and O–H groups in total. The lowest BCUT2D eigenvalue weighted by molar-refractivity contribution is -0.141. The van der Waals surface area contributed by atoms with Crippen molar-refractivity contribution in [3.63, 3.8) is 0 Å². The van der Waals surface area contributed by atoms with Gasteiger partial charge >= 0.3 is 5.97 Å². The number of amides is 1. The number of aromatic amines is 1. The Morgan fingerprint density at radius 2 is 1.79 bits per heavy atom. The lowest BCUT2D eigenvalue weighted by atomic mass is 9.98. The molecule has 0 aliphatic carbocycles. The third-order valence-electron chi connectivity index (χ3n) is 5.50. The van der Waals surface area contributed by atoms with Crippen molar-refractivity contribution in [1.82, 2.24) is 14.9 Å². The average molecular weight is 389 g/mol. The molecule has 2 aromatic carbocycles. The van der Waals surface area contributed by atoms with E-state index in [1.165, 1.54) is 0 Å². The summed E-state index contributed by atoms with van der Waals surface area (Å²) < 4.78 is 1.98. The maximum atomic E-state index is 12.9.